The minimum Gasteiger partial charge on any atom is -1.00 e. The molecule has 0 heterocycles. The van der Waals surface area contributed by atoms with Crippen LogP contribution in [0.3, 0.4) is 0 Å². The van der Waals surface area contributed by atoms with Gasteiger partial charge in [0.2, 0.25) is 0 Å². The van der Waals surface area contributed by atoms with Gasteiger partial charge in [0, 0.05) is 19.8 Å². The molecule has 0 saturated heterocycles. The van der Waals surface area contributed by atoms with Crippen LogP contribution in [0, 0.1) is 0 Å². The van der Waals surface area contributed by atoms with Crippen LogP contribution in [0.25, 0.3) is 0 Å². The van der Waals surface area contributed by atoms with E-state index in [0.29, 0.717) is 19.8 Å². The quantitative estimate of drug-likeness (QED) is 0.276. The lowest BCUT2D eigenvalue weighted by atomic mass is 10.2. The second-order valence-electron chi connectivity index (χ2n) is 6.71. The van der Waals surface area contributed by atoms with Gasteiger partial charge in [-0.15, -0.1) is 0 Å². The molecule has 0 fully saturated rings. The third-order valence-corrected chi connectivity index (χ3v) is 7.82. The molecule has 0 aliphatic rings. The van der Waals surface area contributed by atoms with Crippen LogP contribution in [0.4, 0.5) is 0 Å². The van der Waals surface area contributed by atoms with Gasteiger partial charge in [-0.3, -0.25) is 0 Å². The summed E-state index contributed by atoms with van der Waals surface area (Å²) < 4.78 is 19.7. The first-order valence-corrected chi connectivity index (χ1v) is 12.3. The fourth-order valence-electron chi connectivity index (χ4n) is 3.39. The SMILES string of the molecule is CCCC[N+](CCCC)(CCCC)C[Si](OCC)(OCC)OCC.[Cl-]. The summed E-state index contributed by atoms with van der Waals surface area (Å²) in [5, 5.41) is 0. The van der Waals surface area contributed by atoms with Gasteiger partial charge in [-0.2, -0.15) is 0 Å². The lowest BCUT2D eigenvalue weighted by Gasteiger charge is -2.43. The maximum atomic E-state index is 6.18. The van der Waals surface area contributed by atoms with Crippen LogP contribution < -0.4 is 12.4 Å². The highest BCUT2D eigenvalue weighted by Crippen LogP contribution is 2.22. The molecule has 4 nitrogen and oxygen atoms in total. The Labute approximate surface area is 165 Å². The highest BCUT2D eigenvalue weighted by atomic mass is 35.5. The van der Waals surface area contributed by atoms with Gasteiger partial charge in [0.05, 0.1) is 19.6 Å². The Balaban J connectivity index is 0. The Bertz CT molecular complexity index is 257. The zero-order valence-electron chi connectivity index (χ0n) is 17.7. The minimum absolute atomic E-state index is 0. The molecule has 0 aliphatic carbocycles. The lowest BCUT2D eigenvalue weighted by molar-refractivity contribution is -0.921. The van der Waals surface area contributed by atoms with Crippen molar-refractivity contribution in [3.8, 4) is 0 Å². The molecular formula is C19H44ClNO3Si. The summed E-state index contributed by atoms with van der Waals surface area (Å²) in [5.41, 5.74) is 0. The molecule has 0 rings (SSSR count). The normalized spacial score (nSPS) is 12.2. The summed E-state index contributed by atoms with van der Waals surface area (Å²) in [5.74, 6) is 0. The van der Waals surface area contributed by atoms with E-state index in [1.807, 2.05) is 0 Å². The van der Waals surface area contributed by atoms with E-state index in [4.69, 9.17) is 13.3 Å². The average Bonchev–Trinajstić information content (AvgIpc) is 2.57. The van der Waals surface area contributed by atoms with Crippen molar-refractivity contribution in [2.24, 2.45) is 0 Å². The second kappa shape index (κ2) is 16.5. The number of hydrogen-bond donors (Lipinski definition) is 0. The Morgan fingerprint density at radius 2 is 0.920 bits per heavy atom. The maximum Gasteiger partial charge on any atom is 0.559 e. The summed E-state index contributed by atoms with van der Waals surface area (Å²) in [6.45, 7) is 18.7. The summed E-state index contributed by atoms with van der Waals surface area (Å²) in [7, 11) is -2.61. The number of unbranched alkanes of at least 4 members (excludes halogenated alkanes) is 3. The molecule has 0 aromatic rings. The standard InChI is InChI=1S/C19H44NO3Si.ClH/c1-7-13-16-20(17-14-8-2,18-15-9-3)19-24(21-10-4,22-11-5)23-12-6;/h7-19H2,1-6H3;1H/q+1;/p-1. The van der Waals surface area contributed by atoms with Crippen molar-refractivity contribution in [2.75, 3.05) is 45.6 Å². The molecule has 0 saturated carbocycles. The maximum absolute atomic E-state index is 6.18. The van der Waals surface area contributed by atoms with Gasteiger partial charge in [-0.05, 0) is 40.0 Å². The van der Waals surface area contributed by atoms with Crippen molar-refractivity contribution < 1.29 is 30.2 Å². The molecule has 0 aromatic heterocycles. The van der Waals surface area contributed by atoms with Crippen molar-refractivity contribution in [1.29, 1.82) is 0 Å². The summed E-state index contributed by atoms with van der Waals surface area (Å²) in [4.78, 5) is 0. The van der Waals surface area contributed by atoms with Crippen LogP contribution in [0.15, 0.2) is 0 Å². The lowest BCUT2D eigenvalue weighted by Crippen LogP contribution is -3.00. The Morgan fingerprint density at radius 1 is 0.600 bits per heavy atom. The Hall–Kier alpha value is 0.347. The van der Waals surface area contributed by atoms with Crippen LogP contribution in [0.5, 0.6) is 0 Å². The fraction of sp³-hybridized carbons (Fsp3) is 1.00. The number of rotatable bonds is 17. The van der Waals surface area contributed by atoms with E-state index in [-0.39, 0.29) is 12.4 Å². The van der Waals surface area contributed by atoms with Crippen molar-refractivity contribution in [2.45, 2.75) is 80.1 Å². The average molecular weight is 398 g/mol. The van der Waals surface area contributed by atoms with E-state index in [1.54, 1.807) is 0 Å². The van der Waals surface area contributed by atoms with E-state index < -0.39 is 8.80 Å². The highest BCUT2D eigenvalue weighted by Gasteiger charge is 2.49. The van der Waals surface area contributed by atoms with Crippen LogP contribution in [-0.2, 0) is 13.3 Å². The number of hydrogen-bond acceptors (Lipinski definition) is 3. The third-order valence-electron chi connectivity index (χ3n) is 4.58. The van der Waals surface area contributed by atoms with Crippen molar-refractivity contribution in [1.82, 2.24) is 0 Å². The summed E-state index contributed by atoms with van der Waals surface area (Å²) in [6.07, 6.45) is 8.45. The van der Waals surface area contributed by atoms with E-state index in [9.17, 15) is 0 Å². The van der Waals surface area contributed by atoms with E-state index in [1.165, 1.54) is 58.2 Å². The van der Waals surface area contributed by atoms with Gasteiger partial charge in [0.25, 0.3) is 0 Å². The molecule has 0 aliphatic heterocycles. The second-order valence-corrected chi connectivity index (χ2v) is 9.26. The Morgan fingerprint density at radius 3 is 1.16 bits per heavy atom. The third kappa shape index (κ3) is 10.9. The molecule has 25 heavy (non-hydrogen) atoms. The monoisotopic (exact) mass is 397 g/mol. The minimum atomic E-state index is -2.61. The number of halogens is 1. The molecule has 0 unspecified atom stereocenters. The largest absolute Gasteiger partial charge is 1.00 e. The molecule has 0 aromatic carbocycles. The summed E-state index contributed by atoms with van der Waals surface area (Å²) >= 11 is 0. The molecule has 0 bridgehead atoms. The zero-order chi connectivity index (χ0) is 18.3. The number of nitrogens with zero attached hydrogens (tertiary/aromatic N) is 1. The van der Waals surface area contributed by atoms with Crippen molar-refractivity contribution in [3.63, 3.8) is 0 Å². The Kier molecular flexibility index (Phi) is 18.2. The van der Waals surface area contributed by atoms with Crippen LogP contribution in [-0.4, -0.2) is 58.9 Å². The zero-order valence-corrected chi connectivity index (χ0v) is 19.5. The first-order valence-electron chi connectivity index (χ1n) is 10.3. The van der Waals surface area contributed by atoms with Gasteiger partial charge < -0.3 is 30.2 Å². The van der Waals surface area contributed by atoms with Gasteiger partial charge in [-0.25, -0.2) is 0 Å². The molecule has 0 spiro atoms. The van der Waals surface area contributed by atoms with Gasteiger partial charge in [0.1, 0.15) is 6.17 Å². The predicted molar refractivity (Wildman–Crippen MR) is 105 cm³/mol. The number of quaternary nitrogens is 1. The van der Waals surface area contributed by atoms with Crippen molar-refractivity contribution in [3.05, 3.63) is 0 Å². The van der Waals surface area contributed by atoms with E-state index in [2.05, 4.69) is 41.5 Å². The van der Waals surface area contributed by atoms with Gasteiger partial charge in [-0.1, -0.05) is 40.0 Å². The fourth-order valence-corrected chi connectivity index (χ4v) is 6.52. The van der Waals surface area contributed by atoms with Crippen LogP contribution >= 0.6 is 0 Å². The highest BCUT2D eigenvalue weighted by molar-refractivity contribution is 6.60. The summed E-state index contributed by atoms with van der Waals surface area (Å²) in [6, 6.07) is 0. The molecule has 0 amide bonds. The smallest absolute Gasteiger partial charge is 0.559 e. The first-order chi connectivity index (χ1) is 11.6. The van der Waals surface area contributed by atoms with Gasteiger partial charge >= 0.3 is 8.80 Å². The predicted octanol–water partition coefficient (Wildman–Crippen LogP) is 1.80. The molecular weight excluding hydrogens is 354 g/mol. The molecule has 0 radical (unpaired) electrons. The molecule has 0 atom stereocenters. The van der Waals surface area contributed by atoms with E-state index in [0.717, 1.165) is 10.7 Å². The van der Waals surface area contributed by atoms with Gasteiger partial charge in [0.15, 0.2) is 0 Å². The topological polar surface area (TPSA) is 27.7 Å². The molecule has 0 N–H and O–H groups in total. The first kappa shape index (κ1) is 27.6. The van der Waals surface area contributed by atoms with Crippen LogP contribution in [0.2, 0.25) is 0 Å². The van der Waals surface area contributed by atoms with Crippen LogP contribution in [0.1, 0.15) is 80.1 Å². The molecule has 6 heteroatoms. The van der Waals surface area contributed by atoms with Crippen molar-refractivity contribution >= 4 is 8.80 Å². The molecule has 154 valence electrons. The van der Waals surface area contributed by atoms with E-state index >= 15 is 0 Å².